The number of rotatable bonds is 6. The molecular formula is C21H28N3O2+. The van der Waals surface area contributed by atoms with E-state index < -0.39 is 6.03 Å². The number of imide groups is 1. The fourth-order valence-corrected chi connectivity index (χ4v) is 2.99. The summed E-state index contributed by atoms with van der Waals surface area (Å²) in [6, 6.07) is 15.5. The van der Waals surface area contributed by atoms with Crippen LogP contribution in [0.1, 0.15) is 36.6 Å². The number of hydrogen-bond acceptors (Lipinski definition) is 2. The molecule has 2 aromatic rings. The Hall–Kier alpha value is -2.66. The monoisotopic (exact) mass is 354 g/mol. The first kappa shape index (κ1) is 19.7. The van der Waals surface area contributed by atoms with Crippen LogP contribution in [0.15, 0.2) is 48.5 Å². The number of benzene rings is 2. The quantitative estimate of drug-likeness (QED) is 0.746. The lowest BCUT2D eigenvalue weighted by Crippen LogP contribution is -2.88. The van der Waals surface area contributed by atoms with Crippen molar-refractivity contribution in [3.05, 3.63) is 65.2 Å². The van der Waals surface area contributed by atoms with E-state index >= 15 is 0 Å². The van der Waals surface area contributed by atoms with Gasteiger partial charge in [-0.1, -0.05) is 61.9 Å². The van der Waals surface area contributed by atoms with E-state index in [9.17, 15) is 9.59 Å². The normalized spacial score (nSPS) is 11.9. The van der Waals surface area contributed by atoms with Gasteiger partial charge in [-0.2, -0.15) is 0 Å². The Labute approximate surface area is 155 Å². The highest BCUT2D eigenvalue weighted by Gasteiger charge is 2.20. The first-order valence-electron chi connectivity index (χ1n) is 8.93. The number of carbonyl (C=O) groups is 2. The minimum absolute atomic E-state index is 0.171. The van der Waals surface area contributed by atoms with Gasteiger partial charge in [-0.15, -0.1) is 0 Å². The van der Waals surface area contributed by atoms with Crippen LogP contribution >= 0.6 is 0 Å². The van der Waals surface area contributed by atoms with Crippen molar-refractivity contribution < 1.29 is 14.9 Å². The lowest BCUT2D eigenvalue weighted by molar-refractivity contribution is -0.692. The molecule has 0 aliphatic rings. The third-order valence-corrected chi connectivity index (χ3v) is 4.34. The third-order valence-electron chi connectivity index (χ3n) is 4.34. The number of urea groups is 1. The van der Waals surface area contributed by atoms with Crippen molar-refractivity contribution in [2.24, 2.45) is 5.92 Å². The molecule has 2 aromatic carbocycles. The summed E-state index contributed by atoms with van der Waals surface area (Å²) in [6.07, 6.45) is 0. The Balaban J connectivity index is 1.88. The third kappa shape index (κ3) is 5.70. The molecule has 4 N–H and O–H groups in total. The van der Waals surface area contributed by atoms with Crippen molar-refractivity contribution in [2.45, 2.75) is 33.7 Å². The summed E-state index contributed by atoms with van der Waals surface area (Å²) in [5.41, 5.74) is 3.96. The summed E-state index contributed by atoms with van der Waals surface area (Å²) in [5.74, 6) is 0.0584. The van der Waals surface area contributed by atoms with Crippen molar-refractivity contribution in [3.63, 3.8) is 0 Å². The number of amides is 3. The van der Waals surface area contributed by atoms with Crippen molar-refractivity contribution in [3.8, 4) is 0 Å². The number of nitrogens with one attached hydrogen (secondary N) is 2. The standard InChI is InChI=1S/C21H27N3O2/c1-14(2)20(17-8-6-5-7-9-17)22-13-19(25)24-21(26)23-18-11-10-15(3)12-16(18)4/h5-12,14,20,22H,13H2,1-4H3,(H2,23,24,25,26)/p+1/t20-/m1/s1. The molecule has 0 saturated carbocycles. The number of anilines is 1. The molecule has 0 saturated heterocycles. The molecule has 2 rings (SSSR count). The number of carbonyl (C=O) groups excluding carboxylic acids is 2. The van der Waals surface area contributed by atoms with Gasteiger partial charge in [-0.05, 0) is 25.5 Å². The van der Waals surface area contributed by atoms with E-state index in [1.165, 1.54) is 5.56 Å². The van der Waals surface area contributed by atoms with Gasteiger partial charge in [0.1, 0.15) is 6.04 Å². The van der Waals surface area contributed by atoms with Gasteiger partial charge in [-0.25, -0.2) is 4.79 Å². The number of nitrogens with two attached hydrogens (primary N) is 1. The summed E-state index contributed by atoms with van der Waals surface area (Å²) in [6.45, 7) is 8.36. The average Bonchev–Trinajstić information content (AvgIpc) is 2.58. The molecule has 0 bridgehead atoms. The van der Waals surface area contributed by atoms with Crippen LogP contribution in [0.4, 0.5) is 10.5 Å². The molecule has 0 unspecified atom stereocenters. The first-order valence-corrected chi connectivity index (χ1v) is 8.93. The maximum absolute atomic E-state index is 12.1. The molecule has 0 spiro atoms. The maximum atomic E-state index is 12.1. The molecule has 0 aliphatic heterocycles. The zero-order chi connectivity index (χ0) is 19.1. The van der Waals surface area contributed by atoms with Gasteiger partial charge >= 0.3 is 6.03 Å². The number of aryl methyl sites for hydroxylation is 2. The van der Waals surface area contributed by atoms with Crippen LogP contribution in [0.5, 0.6) is 0 Å². The van der Waals surface area contributed by atoms with Crippen LogP contribution in [0.25, 0.3) is 0 Å². The summed E-state index contributed by atoms with van der Waals surface area (Å²) in [4.78, 5) is 24.2. The minimum Gasteiger partial charge on any atom is -0.332 e. The molecular weight excluding hydrogens is 326 g/mol. The van der Waals surface area contributed by atoms with E-state index in [2.05, 4.69) is 36.6 Å². The number of quaternary nitrogens is 1. The van der Waals surface area contributed by atoms with Gasteiger partial charge in [0.05, 0.1) is 0 Å². The molecule has 138 valence electrons. The Kier molecular flexibility index (Phi) is 6.92. The topological polar surface area (TPSA) is 74.8 Å². The Morgan fingerprint density at radius 3 is 2.35 bits per heavy atom. The van der Waals surface area contributed by atoms with Crippen LogP contribution < -0.4 is 16.0 Å². The maximum Gasteiger partial charge on any atom is 0.326 e. The molecule has 0 aromatic heterocycles. The highest BCUT2D eigenvalue weighted by molar-refractivity contribution is 6.01. The van der Waals surface area contributed by atoms with Crippen LogP contribution in [0, 0.1) is 19.8 Å². The number of hydrogen-bond donors (Lipinski definition) is 3. The molecule has 0 radical (unpaired) electrons. The van der Waals surface area contributed by atoms with E-state index in [-0.39, 0.29) is 18.5 Å². The fraction of sp³-hybridized carbons (Fsp3) is 0.333. The average molecular weight is 354 g/mol. The lowest BCUT2D eigenvalue weighted by Gasteiger charge is -2.19. The minimum atomic E-state index is -0.504. The molecule has 26 heavy (non-hydrogen) atoms. The van der Waals surface area contributed by atoms with Crippen LogP contribution in [-0.2, 0) is 4.79 Å². The van der Waals surface area contributed by atoms with E-state index in [4.69, 9.17) is 0 Å². The molecule has 5 nitrogen and oxygen atoms in total. The Morgan fingerprint density at radius 1 is 1.04 bits per heavy atom. The van der Waals surface area contributed by atoms with Gasteiger partial charge in [-0.3, -0.25) is 10.1 Å². The van der Waals surface area contributed by atoms with Crippen molar-refractivity contribution in [2.75, 3.05) is 11.9 Å². The SMILES string of the molecule is Cc1ccc(NC(=O)NC(=O)C[NH2+][C@@H](c2ccccc2)C(C)C)c(C)c1. The lowest BCUT2D eigenvalue weighted by atomic mass is 9.96. The highest BCUT2D eigenvalue weighted by atomic mass is 16.2. The predicted molar refractivity (Wildman–Crippen MR) is 104 cm³/mol. The van der Waals surface area contributed by atoms with Gasteiger partial charge in [0.15, 0.2) is 6.54 Å². The summed E-state index contributed by atoms with van der Waals surface area (Å²) >= 11 is 0. The molecule has 0 heterocycles. The molecule has 5 heteroatoms. The Morgan fingerprint density at radius 2 is 1.73 bits per heavy atom. The van der Waals surface area contributed by atoms with Crippen LogP contribution in [0.3, 0.4) is 0 Å². The second kappa shape index (κ2) is 9.15. The van der Waals surface area contributed by atoms with E-state index in [1.807, 2.05) is 55.6 Å². The van der Waals surface area contributed by atoms with Gasteiger partial charge in [0, 0.05) is 17.2 Å². The van der Waals surface area contributed by atoms with Crippen molar-refractivity contribution >= 4 is 17.6 Å². The Bertz CT molecular complexity index is 757. The molecule has 0 aliphatic carbocycles. The van der Waals surface area contributed by atoms with Crippen LogP contribution in [0.2, 0.25) is 0 Å². The van der Waals surface area contributed by atoms with Crippen LogP contribution in [-0.4, -0.2) is 18.5 Å². The second-order valence-electron chi connectivity index (χ2n) is 6.94. The fourth-order valence-electron chi connectivity index (χ4n) is 2.99. The predicted octanol–water partition coefficient (Wildman–Crippen LogP) is 2.91. The van der Waals surface area contributed by atoms with Gasteiger partial charge in [0.25, 0.3) is 5.91 Å². The van der Waals surface area contributed by atoms with Gasteiger partial charge < -0.3 is 10.6 Å². The molecule has 1 atom stereocenters. The van der Waals surface area contributed by atoms with Gasteiger partial charge in [0.2, 0.25) is 0 Å². The molecule has 0 fully saturated rings. The largest absolute Gasteiger partial charge is 0.332 e. The summed E-state index contributed by atoms with van der Waals surface area (Å²) < 4.78 is 0. The second-order valence-corrected chi connectivity index (χ2v) is 6.94. The van der Waals surface area contributed by atoms with Crippen molar-refractivity contribution in [1.82, 2.24) is 5.32 Å². The highest BCUT2D eigenvalue weighted by Crippen LogP contribution is 2.17. The summed E-state index contributed by atoms with van der Waals surface area (Å²) in [5, 5.41) is 7.09. The molecule has 3 amide bonds. The zero-order valence-electron chi connectivity index (χ0n) is 15.9. The first-order chi connectivity index (χ1) is 12.4. The zero-order valence-corrected chi connectivity index (χ0v) is 15.9. The van der Waals surface area contributed by atoms with E-state index in [0.717, 1.165) is 11.1 Å². The van der Waals surface area contributed by atoms with E-state index in [1.54, 1.807) is 0 Å². The smallest absolute Gasteiger partial charge is 0.326 e. The summed E-state index contributed by atoms with van der Waals surface area (Å²) in [7, 11) is 0. The van der Waals surface area contributed by atoms with Crippen molar-refractivity contribution in [1.29, 1.82) is 0 Å². The van der Waals surface area contributed by atoms with E-state index in [0.29, 0.717) is 11.6 Å².